The van der Waals surface area contributed by atoms with Crippen molar-refractivity contribution in [3.63, 3.8) is 0 Å². The highest BCUT2D eigenvalue weighted by molar-refractivity contribution is 5.79. The Morgan fingerprint density at radius 2 is 2.43 bits per heavy atom. The summed E-state index contributed by atoms with van der Waals surface area (Å²) < 4.78 is 5.16. The first kappa shape index (κ1) is 11.5. The van der Waals surface area contributed by atoms with Crippen LogP contribution in [0, 0.1) is 0 Å². The van der Waals surface area contributed by atoms with Crippen LogP contribution < -0.4 is 5.32 Å². The van der Waals surface area contributed by atoms with Gasteiger partial charge in [0.05, 0.1) is 6.61 Å². The largest absolute Gasteiger partial charge is 0.480 e. The van der Waals surface area contributed by atoms with E-state index >= 15 is 0 Å². The molecule has 0 aromatic rings. The summed E-state index contributed by atoms with van der Waals surface area (Å²) >= 11 is 0. The van der Waals surface area contributed by atoms with Crippen LogP contribution in [0.2, 0.25) is 0 Å². The lowest BCUT2D eigenvalue weighted by molar-refractivity contribution is -0.145. The molecule has 2 N–H and O–H groups in total. The van der Waals surface area contributed by atoms with Crippen molar-refractivity contribution in [2.45, 2.75) is 44.7 Å². The van der Waals surface area contributed by atoms with Gasteiger partial charge in [-0.15, -0.1) is 0 Å². The molecular formula is C10H19NO3. The monoisotopic (exact) mass is 201 g/mol. The Hall–Kier alpha value is -0.610. The smallest absolute Gasteiger partial charge is 0.326 e. The average Bonchev–Trinajstić information content (AvgIpc) is 2.54. The van der Waals surface area contributed by atoms with Crippen LogP contribution in [-0.2, 0) is 9.53 Å². The van der Waals surface area contributed by atoms with Crippen LogP contribution in [0.15, 0.2) is 0 Å². The molecule has 0 bridgehead atoms. The van der Waals surface area contributed by atoms with Crippen LogP contribution >= 0.6 is 0 Å². The third-order valence-corrected chi connectivity index (χ3v) is 2.68. The van der Waals surface area contributed by atoms with Gasteiger partial charge in [-0.3, -0.25) is 10.1 Å². The first-order valence-corrected chi connectivity index (χ1v) is 5.19. The maximum atomic E-state index is 11.1. The quantitative estimate of drug-likeness (QED) is 0.697. The number of carboxylic acid groups (broad SMARTS) is 1. The molecule has 0 aromatic carbocycles. The molecule has 1 aliphatic rings. The van der Waals surface area contributed by atoms with Crippen molar-refractivity contribution < 1.29 is 14.6 Å². The predicted molar refractivity (Wildman–Crippen MR) is 53.3 cm³/mol. The second-order valence-corrected chi connectivity index (χ2v) is 4.02. The SMILES string of the molecule is CCCC(C)NC1(C(=O)O)CCOC1. The van der Waals surface area contributed by atoms with Gasteiger partial charge in [0.15, 0.2) is 0 Å². The summed E-state index contributed by atoms with van der Waals surface area (Å²) in [5.74, 6) is -0.794. The van der Waals surface area contributed by atoms with E-state index < -0.39 is 11.5 Å². The minimum Gasteiger partial charge on any atom is -0.480 e. The highest BCUT2D eigenvalue weighted by atomic mass is 16.5. The van der Waals surface area contributed by atoms with Gasteiger partial charge in [-0.05, 0) is 13.3 Å². The molecule has 1 heterocycles. The number of carbonyl (C=O) groups is 1. The number of hydrogen-bond acceptors (Lipinski definition) is 3. The number of aliphatic carboxylic acids is 1. The molecular weight excluding hydrogens is 182 g/mol. The lowest BCUT2D eigenvalue weighted by atomic mass is 9.97. The zero-order valence-electron chi connectivity index (χ0n) is 8.88. The molecule has 0 aliphatic carbocycles. The van der Waals surface area contributed by atoms with E-state index in [1.165, 1.54) is 0 Å². The van der Waals surface area contributed by atoms with Gasteiger partial charge >= 0.3 is 5.97 Å². The molecule has 82 valence electrons. The number of rotatable bonds is 5. The van der Waals surface area contributed by atoms with Crippen LogP contribution in [-0.4, -0.2) is 35.9 Å². The van der Waals surface area contributed by atoms with Crippen LogP contribution in [0.3, 0.4) is 0 Å². The maximum Gasteiger partial charge on any atom is 0.326 e. The number of carboxylic acids is 1. The molecule has 2 unspecified atom stereocenters. The maximum absolute atomic E-state index is 11.1. The van der Waals surface area contributed by atoms with Crippen LogP contribution in [0.25, 0.3) is 0 Å². The molecule has 0 amide bonds. The second kappa shape index (κ2) is 4.75. The van der Waals surface area contributed by atoms with Crippen LogP contribution in [0.1, 0.15) is 33.1 Å². The summed E-state index contributed by atoms with van der Waals surface area (Å²) in [7, 11) is 0. The third kappa shape index (κ3) is 2.45. The van der Waals surface area contributed by atoms with Gasteiger partial charge in [0, 0.05) is 19.1 Å². The average molecular weight is 201 g/mol. The van der Waals surface area contributed by atoms with Crippen molar-refractivity contribution in [1.82, 2.24) is 5.32 Å². The molecule has 0 spiro atoms. The lowest BCUT2D eigenvalue weighted by Gasteiger charge is -2.27. The lowest BCUT2D eigenvalue weighted by Crippen LogP contribution is -2.55. The van der Waals surface area contributed by atoms with E-state index in [9.17, 15) is 4.79 Å². The zero-order chi connectivity index (χ0) is 10.6. The van der Waals surface area contributed by atoms with Gasteiger partial charge in [0.2, 0.25) is 0 Å². The zero-order valence-corrected chi connectivity index (χ0v) is 8.88. The fourth-order valence-corrected chi connectivity index (χ4v) is 1.89. The van der Waals surface area contributed by atoms with Crippen LogP contribution in [0.5, 0.6) is 0 Å². The molecule has 0 aromatic heterocycles. The summed E-state index contributed by atoms with van der Waals surface area (Å²) in [6.45, 7) is 4.94. The standard InChI is InChI=1S/C10H19NO3/c1-3-4-8(2)11-10(9(12)13)5-6-14-7-10/h8,11H,3-7H2,1-2H3,(H,12,13). The topological polar surface area (TPSA) is 58.6 Å². The van der Waals surface area contributed by atoms with E-state index in [4.69, 9.17) is 9.84 Å². The highest BCUT2D eigenvalue weighted by Crippen LogP contribution is 2.20. The van der Waals surface area contributed by atoms with Gasteiger partial charge in [0.1, 0.15) is 5.54 Å². The molecule has 2 atom stereocenters. The van der Waals surface area contributed by atoms with E-state index in [0.717, 1.165) is 12.8 Å². The van der Waals surface area contributed by atoms with Gasteiger partial charge in [-0.25, -0.2) is 0 Å². The summed E-state index contributed by atoms with van der Waals surface area (Å²) in [4.78, 5) is 11.1. The normalized spacial score (nSPS) is 29.0. The minimum absolute atomic E-state index is 0.234. The summed E-state index contributed by atoms with van der Waals surface area (Å²) in [6.07, 6.45) is 2.62. The Morgan fingerprint density at radius 3 is 2.86 bits per heavy atom. The second-order valence-electron chi connectivity index (χ2n) is 4.02. The minimum atomic E-state index is -0.839. The highest BCUT2D eigenvalue weighted by Gasteiger charge is 2.42. The molecule has 1 fully saturated rings. The fraction of sp³-hybridized carbons (Fsp3) is 0.900. The van der Waals surface area contributed by atoms with E-state index in [2.05, 4.69) is 12.2 Å². The number of hydrogen-bond donors (Lipinski definition) is 2. The van der Waals surface area contributed by atoms with Crippen molar-refractivity contribution in [1.29, 1.82) is 0 Å². The van der Waals surface area contributed by atoms with E-state index in [1.54, 1.807) is 0 Å². The van der Waals surface area contributed by atoms with Gasteiger partial charge in [0.25, 0.3) is 0 Å². The Labute approximate surface area is 84.6 Å². The molecule has 4 nitrogen and oxygen atoms in total. The Balaban J connectivity index is 2.55. The van der Waals surface area contributed by atoms with Crippen LogP contribution in [0.4, 0.5) is 0 Å². The first-order valence-electron chi connectivity index (χ1n) is 5.19. The van der Waals surface area contributed by atoms with E-state index in [0.29, 0.717) is 13.0 Å². The Morgan fingerprint density at radius 1 is 1.71 bits per heavy atom. The molecule has 4 heteroatoms. The van der Waals surface area contributed by atoms with Crippen molar-refractivity contribution in [3.8, 4) is 0 Å². The predicted octanol–water partition coefficient (Wildman–Crippen LogP) is 1.01. The Bertz CT molecular complexity index is 200. The molecule has 0 radical (unpaired) electrons. The molecule has 1 saturated heterocycles. The third-order valence-electron chi connectivity index (χ3n) is 2.68. The van der Waals surface area contributed by atoms with Gasteiger partial charge in [-0.2, -0.15) is 0 Å². The van der Waals surface area contributed by atoms with Gasteiger partial charge in [-0.1, -0.05) is 13.3 Å². The molecule has 1 rings (SSSR count). The summed E-state index contributed by atoms with van der Waals surface area (Å²) in [5.41, 5.74) is -0.839. The Kier molecular flexibility index (Phi) is 3.89. The van der Waals surface area contributed by atoms with E-state index in [1.807, 2.05) is 6.92 Å². The molecule has 0 saturated carbocycles. The fourth-order valence-electron chi connectivity index (χ4n) is 1.89. The molecule has 14 heavy (non-hydrogen) atoms. The number of nitrogens with one attached hydrogen (secondary N) is 1. The van der Waals surface area contributed by atoms with Gasteiger partial charge < -0.3 is 9.84 Å². The van der Waals surface area contributed by atoms with Crippen molar-refractivity contribution in [2.24, 2.45) is 0 Å². The van der Waals surface area contributed by atoms with Crippen molar-refractivity contribution >= 4 is 5.97 Å². The van der Waals surface area contributed by atoms with E-state index in [-0.39, 0.29) is 12.6 Å². The van der Waals surface area contributed by atoms with Crippen molar-refractivity contribution in [2.75, 3.05) is 13.2 Å². The molecule has 1 aliphatic heterocycles. The number of ether oxygens (including phenoxy) is 1. The van der Waals surface area contributed by atoms with Crippen molar-refractivity contribution in [3.05, 3.63) is 0 Å². The summed E-state index contributed by atoms with van der Waals surface area (Å²) in [6, 6.07) is 0.234. The summed E-state index contributed by atoms with van der Waals surface area (Å²) in [5, 5.41) is 12.3. The first-order chi connectivity index (χ1) is 6.60.